The molecule has 0 amide bonds. The van der Waals surface area contributed by atoms with Crippen LogP contribution in [0.25, 0.3) is 11.0 Å². The third kappa shape index (κ3) is 4.36. The van der Waals surface area contributed by atoms with Crippen LogP contribution in [0.1, 0.15) is 29.2 Å². The fourth-order valence-corrected chi connectivity index (χ4v) is 4.27. The lowest BCUT2D eigenvalue weighted by Crippen LogP contribution is -2.48. The molecular weight excluding hydrogens is 443 g/mol. The molecule has 1 saturated carbocycles. The van der Waals surface area contributed by atoms with Crippen LogP contribution in [0, 0.1) is 5.82 Å². The summed E-state index contributed by atoms with van der Waals surface area (Å²) >= 11 is 0. The van der Waals surface area contributed by atoms with E-state index in [1.165, 1.54) is 6.20 Å². The Kier molecular flexibility index (Phi) is 5.74. The molecule has 2 fully saturated rings. The molecule has 176 valence electrons. The number of benzene rings is 1. The minimum absolute atomic E-state index is 0.0148. The number of pyridine rings is 2. The van der Waals surface area contributed by atoms with E-state index in [0.717, 1.165) is 18.9 Å². The molecule has 1 aromatic carbocycles. The zero-order chi connectivity index (χ0) is 23.8. The number of aromatic nitrogens is 2. The van der Waals surface area contributed by atoms with E-state index in [-0.39, 0.29) is 28.8 Å². The quantitative estimate of drug-likeness (QED) is 0.437. The highest BCUT2D eigenvalue weighted by Gasteiger charge is 2.29. The van der Waals surface area contributed by atoms with Crippen molar-refractivity contribution in [2.45, 2.75) is 18.9 Å². The van der Waals surface area contributed by atoms with Crippen LogP contribution < -0.4 is 15.1 Å². The summed E-state index contributed by atoms with van der Waals surface area (Å²) in [6.07, 6.45) is 1.45. The van der Waals surface area contributed by atoms with Crippen LogP contribution in [-0.2, 0) is 0 Å². The van der Waals surface area contributed by atoms with Crippen molar-refractivity contribution in [3.8, 4) is 5.75 Å². The lowest BCUT2D eigenvalue weighted by Gasteiger charge is -2.35. The minimum atomic E-state index is -1.60. The molecule has 3 aromatic rings. The number of Topliss-reactive ketones (excluding diaryl/α,β-unsaturated/α-hetero) is 1. The van der Waals surface area contributed by atoms with Crippen LogP contribution in [0.3, 0.4) is 0 Å². The Labute approximate surface area is 194 Å². The topological polar surface area (TPSA) is 105 Å². The number of fused-ring (bicyclic) bond motifs is 1. The average molecular weight is 466 g/mol. The standard InChI is InChI=1S/C24H23FN4O5/c25-18-12-17-21(31)20(34-24(32)33)14-29(16-6-7-16)22(17)26-23(18)28-10-8-27(9-11-28)13-19(30)15-4-2-1-3-5-15/h1-5,12,14,16H,6-11,13H2,(H,32,33). The number of hydrogen-bond donors (Lipinski definition) is 1. The molecule has 0 bridgehead atoms. The molecule has 2 aromatic heterocycles. The Morgan fingerprint density at radius 2 is 1.82 bits per heavy atom. The molecule has 10 heteroatoms. The number of carbonyl (C=O) groups is 2. The Hall–Kier alpha value is -3.79. The Bertz CT molecular complexity index is 1310. The van der Waals surface area contributed by atoms with Gasteiger partial charge in [-0.1, -0.05) is 30.3 Å². The smallest absolute Gasteiger partial charge is 0.449 e. The second-order valence-corrected chi connectivity index (χ2v) is 8.55. The van der Waals surface area contributed by atoms with Crippen LogP contribution in [0.5, 0.6) is 5.75 Å². The summed E-state index contributed by atoms with van der Waals surface area (Å²) < 4.78 is 21.4. The first-order chi connectivity index (χ1) is 16.4. The zero-order valence-corrected chi connectivity index (χ0v) is 18.3. The molecule has 3 heterocycles. The van der Waals surface area contributed by atoms with Crippen molar-refractivity contribution in [3.63, 3.8) is 0 Å². The van der Waals surface area contributed by atoms with E-state index in [2.05, 4.69) is 9.72 Å². The number of hydrogen-bond acceptors (Lipinski definition) is 7. The van der Waals surface area contributed by atoms with Crippen LogP contribution in [0.15, 0.2) is 47.4 Å². The fourth-order valence-electron chi connectivity index (χ4n) is 4.27. The molecular formula is C24H23FN4O5. The lowest BCUT2D eigenvalue weighted by molar-refractivity contribution is 0.0926. The van der Waals surface area contributed by atoms with Crippen LogP contribution in [-0.4, -0.2) is 64.2 Å². The molecule has 1 aliphatic heterocycles. The van der Waals surface area contributed by atoms with Gasteiger partial charge in [-0.05, 0) is 18.9 Å². The summed E-state index contributed by atoms with van der Waals surface area (Å²) in [5.74, 6) is -0.843. The van der Waals surface area contributed by atoms with E-state index in [1.807, 2.05) is 28.0 Å². The maximum absolute atomic E-state index is 15.1. The number of nitrogens with zero attached hydrogens (tertiary/aromatic N) is 4. The van der Waals surface area contributed by atoms with Crippen molar-refractivity contribution in [1.29, 1.82) is 0 Å². The molecule has 34 heavy (non-hydrogen) atoms. The van der Waals surface area contributed by atoms with Gasteiger partial charge >= 0.3 is 6.16 Å². The number of carboxylic acid groups (broad SMARTS) is 1. The minimum Gasteiger partial charge on any atom is -0.449 e. The Morgan fingerprint density at radius 1 is 1.12 bits per heavy atom. The molecule has 2 aliphatic rings. The summed E-state index contributed by atoms with van der Waals surface area (Å²) in [5, 5.41) is 8.91. The van der Waals surface area contributed by atoms with Gasteiger partial charge < -0.3 is 19.3 Å². The maximum Gasteiger partial charge on any atom is 0.511 e. The summed E-state index contributed by atoms with van der Waals surface area (Å²) in [4.78, 5) is 44.5. The fraction of sp³-hybridized carbons (Fsp3) is 0.333. The predicted octanol–water partition coefficient (Wildman–Crippen LogP) is 2.93. The Morgan fingerprint density at radius 3 is 2.47 bits per heavy atom. The average Bonchev–Trinajstić information content (AvgIpc) is 3.67. The molecule has 1 saturated heterocycles. The van der Waals surface area contributed by atoms with E-state index >= 15 is 4.39 Å². The molecule has 5 rings (SSSR count). The van der Waals surface area contributed by atoms with Gasteiger partial charge in [0.05, 0.1) is 18.1 Å². The summed E-state index contributed by atoms with van der Waals surface area (Å²) in [6.45, 7) is 2.38. The largest absolute Gasteiger partial charge is 0.511 e. The molecule has 9 nitrogen and oxygen atoms in total. The number of ketones is 1. The first kappa shape index (κ1) is 22.0. The summed E-state index contributed by atoms with van der Waals surface area (Å²) in [6, 6.07) is 10.3. The molecule has 0 unspecified atom stereocenters. The highest BCUT2D eigenvalue weighted by atomic mass is 19.1. The van der Waals surface area contributed by atoms with E-state index < -0.39 is 17.4 Å². The normalized spacial score (nSPS) is 16.6. The van der Waals surface area contributed by atoms with Gasteiger partial charge in [0.25, 0.3) is 0 Å². The SMILES string of the molecule is O=C(O)Oc1cn(C2CC2)c2nc(N3CCN(CC(=O)c4ccccc4)CC3)c(F)cc2c1=O. The monoisotopic (exact) mass is 466 g/mol. The van der Waals surface area contributed by atoms with Gasteiger partial charge in [-0.2, -0.15) is 0 Å². The number of piperazine rings is 1. The van der Waals surface area contributed by atoms with Crippen molar-refractivity contribution in [2.75, 3.05) is 37.6 Å². The highest BCUT2D eigenvalue weighted by molar-refractivity contribution is 5.97. The van der Waals surface area contributed by atoms with Gasteiger partial charge in [-0.25, -0.2) is 14.2 Å². The lowest BCUT2D eigenvalue weighted by atomic mass is 10.1. The summed E-state index contributed by atoms with van der Waals surface area (Å²) in [5.41, 5.74) is 0.260. The van der Waals surface area contributed by atoms with Crippen molar-refractivity contribution in [3.05, 3.63) is 64.2 Å². The number of rotatable bonds is 6. The first-order valence-corrected chi connectivity index (χ1v) is 11.1. The summed E-state index contributed by atoms with van der Waals surface area (Å²) in [7, 11) is 0. The number of anilines is 1. The van der Waals surface area contributed by atoms with Gasteiger partial charge in [-0.3, -0.25) is 14.5 Å². The Balaban J connectivity index is 1.38. The molecule has 0 radical (unpaired) electrons. The number of halogens is 1. The molecule has 1 N–H and O–H groups in total. The van der Waals surface area contributed by atoms with Crippen molar-refractivity contribution < 1.29 is 23.8 Å². The first-order valence-electron chi connectivity index (χ1n) is 11.1. The molecule has 0 spiro atoms. The van der Waals surface area contributed by atoms with Gasteiger partial charge in [0.15, 0.2) is 23.2 Å². The van der Waals surface area contributed by atoms with Crippen molar-refractivity contribution >= 4 is 28.8 Å². The second-order valence-electron chi connectivity index (χ2n) is 8.55. The van der Waals surface area contributed by atoms with Gasteiger partial charge in [0, 0.05) is 37.8 Å². The van der Waals surface area contributed by atoms with Gasteiger partial charge in [0.1, 0.15) is 5.65 Å². The van der Waals surface area contributed by atoms with Crippen molar-refractivity contribution in [1.82, 2.24) is 14.5 Å². The zero-order valence-electron chi connectivity index (χ0n) is 18.3. The van der Waals surface area contributed by atoms with E-state index in [0.29, 0.717) is 43.9 Å². The van der Waals surface area contributed by atoms with Gasteiger partial charge in [0.2, 0.25) is 5.43 Å². The number of ether oxygens (including phenoxy) is 1. The van der Waals surface area contributed by atoms with Crippen LogP contribution in [0.4, 0.5) is 15.0 Å². The predicted molar refractivity (Wildman–Crippen MR) is 122 cm³/mol. The van der Waals surface area contributed by atoms with Gasteiger partial charge in [-0.15, -0.1) is 0 Å². The van der Waals surface area contributed by atoms with E-state index in [9.17, 15) is 14.4 Å². The molecule has 1 aliphatic carbocycles. The third-order valence-electron chi connectivity index (χ3n) is 6.18. The second kappa shape index (κ2) is 8.86. The molecule has 0 atom stereocenters. The maximum atomic E-state index is 15.1. The third-order valence-corrected chi connectivity index (χ3v) is 6.18. The van der Waals surface area contributed by atoms with Crippen LogP contribution in [0.2, 0.25) is 0 Å². The van der Waals surface area contributed by atoms with Crippen LogP contribution >= 0.6 is 0 Å². The van der Waals surface area contributed by atoms with E-state index in [1.54, 1.807) is 16.7 Å². The number of carbonyl (C=O) groups excluding carboxylic acids is 1. The van der Waals surface area contributed by atoms with Crippen molar-refractivity contribution in [2.24, 2.45) is 0 Å². The van der Waals surface area contributed by atoms with E-state index in [4.69, 9.17) is 5.11 Å². The highest BCUT2D eigenvalue weighted by Crippen LogP contribution is 2.38.